The van der Waals surface area contributed by atoms with Gasteiger partial charge in [-0.25, -0.2) is 17.9 Å². The number of esters is 1. The van der Waals surface area contributed by atoms with Crippen LogP contribution in [-0.4, -0.2) is 44.6 Å². The number of carbonyl (C=O) groups is 2. The summed E-state index contributed by atoms with van der Waals surface area (Å²) in [6, 6.07) is 9.15. The number of benzene rings is 1. The summed E-state index contributed by atoms with van der Waals surface area (Å²) < 4.78 is 29.8. The number of aromatic nitrogens is 1. The molecule has 0 unspecified atom stereocenters. The molecule has 3 aromatic rings. The number of Topliss-reactive ketones (excluding diaryl/α,β-unsaturated/α-hetero) is 1. The lowest BCUT2D eigenvalue weighted by molar-refractivity contribution is 0.0480. The Balaban J connectivity index is 1.59. The van der Waals surface area contributed by atoms with Crippen molar-refractivity contribution in [3.05, 3.63) is 57.4 Å². The molecule has 0 spiro atoms. The van der Waals surface area contributed by atoms with E-state index in [9.17, 15) is 18.0 Å². The first-order valence-electron chi connectivity index (χ1n) is 9.11. The van der Waals surface area contributed by atoms with Crippen molar-refractivity contribution < 1.29 is 22.7 Å². The lowest BCUT2D eigenvalue weighted by Crippen LogP contribution is -2.24. The van der Waals surface area contributed by atoms with Gasteiger partial charge in [0.1, 0.15) is 4.88 Å². The van der Waals surface area contributed by atoms with Crippen molar-refractivity contribution in [3.63, 3.8) is 0 Å². The van der Waals surface area contributed by atoms with Gasteiger partial charge in [-0.2, -0.15) is 0 Å². The van der Waals surface area contributed by atoms with Gasteiger partial charge in [-0.3, -0.25) is 4.79 Å². The Morgan fingerprint density at radius 2 is 2.00 bits per heavy atom. The fourth-order valence-corrected chi connectivity index (χ4v) is 4.38. The summed E-state index contributed by atoms with van der Waals surface area (Å²) in [6.45, 7) is 1.96. The van der Waals surface area contributed by atoms with Crippen molar-refractivity contribution in [2.24, 2.45) is 0 Å². The third kappa shape index (κ3) is 5.31. The Hall–Kier alpha value is -2.49. The van der Waals surface area contributed by atoms with Crippen LogP contribution in [0.25, 0.3) is 10.9 Å². The van der Waals surface area contributed by atoms with Crippen LogP contribution >= 0.6 is 11.3 Å². The van der Waals surface area contributed by atoms with Gasteiger partial charge in [0.15, 0.2) is 6.61 Å². The van der Waals surface area contributed by atoms with Gasteiger partial charge in [-0.05, 0) is 30.5 Å². The van der Waals surface area contributed by atoms with Crippen LogP contribution < -0.4 is 4.72 Å². The highest BCUT2D eigenvalue weighted by atomic mass is 32.2. The first kappa shape index (κ1) is 21.2. The number of aromatic amines is 1. The van der Waals surface area contributed by atoms with E-state index < -0.39 is 16.0 Å². The van der Waals surface area contributed by atoms with Gasteiger partial charge in [0, 0.05) is 34.1 Å². The fourth-order valence-electron chi connectivity index (χ4n) is 3.00. The topological polar surface area (TPSA) is 105 Å². The zero-order valence-electron chi connectivity index (χ0n) is 16.2. The van der Waals surface area contributed by atoms with Crippen LogP contribution in [0.3, 0.4) is 0 Å². The molecular formula is C20H22N2O5S2. The average Bonchev–Trinajstić information content (AvgIpc) is 3.31. The maximum absolute atomic E-state index is 12.5. The Morgan fingerprint density at radius 3 is 2.72 bits per heavy atom. The predicted octanol–water partition coefficient (Wildman–Crippen LogP) is 2.92. The highest BCUT2D eigenvalue weighted by Crippen LogP contribution is 2.23. The first-order valence-corrected chi connectivity index (χ1v) is 11.8. The van der Waals surface area contributed by atoms with Gasteiger partial charge < -0.3 is 9.72 Å². The number of H-pyrrole nitrogens is 1. The van der Waals surface area contributed by atoms with Crippen molar-refractivity contribution in [2.45, 2.75) is 19.8 Å². The molecule has 0 atom stereocenters. The number of para-hydroxylation sites is 1. The number of carbonyl (C=O) groups excluding carboxylic acids is 2. The number of hydrogen-bond acceptors (Lipinski definition) is 6. The molecular weight excluding hydrogens is 412 g/mol. The maximum Gasteiger partial charge on any atom is 0.348 e. The van der Waals surface area contributed by atoms with E-state index in [0.29, 0.717) is 16.9 Å². The summed E-state index contributed by atoms with van der Waals surface area (Å²) in [5.74, 6) is -0.841. The zero-order valence-corrected chi connectivity index (χ0v) is 17.8. The molecule has 0 saturated heterocycles. The van der Waals surface area contributed by atoms with Crippen LogP contribution in [-0.2, 0) is 27.6 Å². The van der Waals surface area contributed by atoms with Crippen LogP contribution in [0.2, 0.25) is 0 Å². The molecule has 1 aromatic carbocycles. The third-order valence-corrected chi connectivity index (χ3v) is 6.27. The second-order valence-electron chi connectivity index (χ2n) is 6.58. The largest absolute Gasteiger partial charge is 0.453 e. The van der Waals surface area contributed by atoms with E-state index in [1.165, 1.54) is 11.3 Å². The molecule has 154 valence electrons. The molecule has 0 aliphatic carbocycles. The van der Waals surface area contributed by atoms with E-state index in [1.807, 2.05) is 25.1 Å². The van der Waals surface area contributed by atoms with E-state index in [0.717, 1.165) is 34.0 Å². The molecule has 2 heterocycles. The van der Waals surface area contributed by atoms with Gasteiger partial charge in [0.25, 0.3) is 0 Å². The molecule has 0 fully saturated rings. The minimum atomic E-state index is -3.24. The van der Waals surface area contributed by atoms with E-state index >= 15 is 0 Å². The minimum Gasteiger partial charge on any atom is -0.453 e. The number of rotatable bonds is 9. The number of nitrogens with one attached hydrogen (secondary N) is 2. The van der Waals surface area contributed by atoms with E-state index in [1.54, 1.807) is 18.3 Å². The molecule has 0 saturated carbocycles. The van der Waals surface area contributed by atoms with Crippen LogP contribution in [0.1, 0.15) is 37.4 Å². The highest BCUT2D eigenvalue weighted by molar-refractivity contribution is 7.88. The van der Waals surface area contributed by atoms with Gasteiger partial charge in [0.2, 0.25) is 15.8 Å². The highest BCUT2D eigenvalue weighted by Gasteiger charge is 2.17. The van der Waals surface area contributed by atoms with Crippen molar-refractivity contribution in [1.82, 2.24) is 9.71 Å². The summed E-state index contributed by atoms with van der Waals surface area (Å²) >= 11 is 1.22. The van der Waals surface area contributed by atoms with Crippen LogP contribution in [0.5, 0.6) is 0 Å². The standard InChI is InChI=1S/C20H22N2O5S2/c1-3-13-5-4-6-15-16(11-21-19(13)15)17(23)12-27-20(24)18-8-7-14(28-18)9-10-22-29(2,25)26/h4-8,11,21-22H,3,9-10,12H2,1-2H3. The lowest BCUT2D eigenvalue weighted by Gasteiger charge is -2.03. The second-order valence-corrected chi connectivity index (χ2v) is 9.58. The summed E-state index contributed by atoms with van der Waals surface area (Å²) in [7, 11) is -3.24. The van der Waals surface area contributed by atoms with Crippen molar-refractivity contribution in [3.8, 4) is 0 Å². The number of ether oxygens (including phenoxy) is 1. The van der Waals surface area contributed by atoms with E-state index in [4.69, 9.17) is 4.74 Å². The van der Waals surface area contributed by atoms with Crippen molar-refractivity contribution in [1.29, 1.82) is 0 Å². The van der Waals surface area contributed by atoms with Gasteiger partial charge in [0.05, 0.1) is 6.26 Å². The maximum atomic E-state index is 12.5. The van der Waals surface area contributed by atoms with Crippen LogP contribution in [0.4, 0.5) is 0 Å². The first-order chi connectivity index (χ1) is 13.8. The van der Waals surface area contributed by atoms with Crippen molar-refractivity contribution in [2.75, 3.05) is 19.4 Å². The number of ketones is 1. The number of aryl methyl sites for hydroxylation is 1. The lowest BCUT2D eigenvalue weighted by atomic mass is 10.1. The molecule has 0 bridgehead atoms. The number of fused-ring (bicyclic) bond motifs is 1. The normalized spacial score (nSPS) is 11.7. The predicted molar refractivity (Wildman–Crippen MR) is 113 cm³/mol. The summed E-state index contributed by atoms with van der Waals surface area (Å²) in [5.41, 5.74) is 2.55. The third-order valence-electron chi connectivity index (χ3n) is 4.42. The van der Waals surface area contributed by atoms with Gasteiger partial charge in [-0.15, -0.1) is 11.3 Å². The molecule has 0 aliphatic rings. The zero-order chi connectivity index (χ0) is 21.0. The summed E-state index contributed by atoms with van der Waals surface area (Å²) in [5, 5.41) is 0.821. The quantitative estimate of drug-likeness (QED) is 0.398. The molecule has 0 radical (unpaired) electrons. The SMILES string of the molecule is CCc1cccc2c(C(=O)COC(=O)c3ccc(CCNS(C)(=O)=O)s3)c[nH]c12. The van der Waals surface area contributed by atoms with Crippen molar-refractivity contribution >= 4 is 44.0 Å². The Labute approximate surface area is 173 Å². The molecule has 9 heteroatoms. The average molecular weight is 435 g/mol. The molecule has 2 aromatic heterocycles. The smallest absolute Gasteiger partial charge is 0.348 e. The van der Waals surface area contributed by atoms with Crippen LogP contribution in [0.15, 0.2) is 36.5 Å². The Kier molecular flexibility index (Phi) is 6.51. The minimum absolute atomic E-state index is 0.257. The monoisotopic (exact) mass is 434 g/mol. The fraction of sp³-hybridized carbons (Fsp3) is 0.300. The number of sulfonamides is 1. The number of thiophene rings is 1. The Bertz CT molecular complexity index is 1140. The molecule has 7 nitrogen and oxygen atoms in total. The van der Waals surface area contributed by atoms with E-state index in [-0.39, 0.29) is 18.9 Å². The molecule has 2 N–H and O–H groups in total. The van der Waals surface area contributed by atoms with E-state index in [2.05, 4.69) is 9.71 Å². The Morgan fingerprint density at radius 1 is 1.21 bits per heavy atom. The summed E-state index contributed by atoms with van der Waals surface area (Å²) in [4.78, 5) is 29.1. The number of hydrogen-bond donors (Lipinski definition) is 2. The summed E-state index contributed by atoms with van der Waals surface area (Å²) in [6.07, 6.45) is 4.07. The molecule has 3 rings (SSSR count). The van der Waals surface area contributed by atoms with Gasteiger partial charge >= 0.3 is 5.97 Å². The molecule has 29 heavy (non-hydrogen) atoms. The van der Waals surface area contributed by atoms with Gasteiger partial charge in [-0.1, -0.05) is 25.1 Å². The molecule has 0 aliphatic heterocycles. The molecule has 0 amide bonds. The second kappa shape index (κ2) is 8.89. The van der Waals surface area contributed by atoms with Crippen LogP contribution in [0, 0.1) is 0 Å².